The molecule has 1 aromatic rings. The average Bonchev–Trinajstić information content (AvgIpc) is 2.04. The van der Waals surface area contributed by atoms with Crippen LogP contribution in [0, 0.1) is 6.58 Å². The molecule has 0 N–H and O–H groups in total. The average molecular weight is 181 g/mol. The summed E-state index contributed by atoms with van der Waals surface area (Å²) in [6.45, 7) is 4.96. The molecule has 0 spiro atoms. The molecule has 0 nitrogen and oxygen atoms in total. The summed E-state index contributed by atoms with van der Waals surface area (Å²) in [4.78, 5) is 0. The standard InChI is InChI=1S/C11H11F2/c1-2-8-11(12,13)9-10-6-4-3-5-7-10/h1-7H,8-9H2. The van der Waals surface area contributed by atoms with Crippen LogP contribution in [-0.2, 0) is 6.42 Å². The van der Waals surface area contributed by atoms with E-state index in [1.807, 2.05) is 0 Å². The van der Waals surface area contributed by atoms with Gasteiger partial charge in [0.1, 0.15) is 0 Å². The van der Waals surface area contributed by atoms with Crippen LogP contribution in [0.2, 0.25) is 0 Å². The van der Waals surface area contributed by atoms with E-state index >= 15 is 0 Å². The summed E-state index contributed by atoms with van der Waals surface area (Å²) < 4.78 is 26.0. The molecular formula is C11H11F2. The Bertz CT molecular complexity index is 265. The second kappa shape index (κ2) is 4.17. The first-order chi connectivity index (χ1) is 6.14. The van der Waals surface area contributed by atoms with Crippen molar-refractivity contribution >= 4 is 0 Å². The smallest absolute Gasteiger partial charge is 0.206 e. The fraction of sp³-hybridized carbons (Fsp3) is 0.273. The summed E-state index contributed by atoms with van der Waals surface area (Å²) in [7, 11) is 0. The second-order valence-electron chi connectivity index (χ2n) is 2.96. The maximum Gasteiger partial charge on any atom is 0.255 e. The van der Waals surface area contributed by atoms with Gasteiger partial charge in [0.25, 0.3) is 5.92 Å². The fourth-order valence-corrected chi connectivity index (χ4v) is 1.14. The highest BCUT2D eigenvalue weighted by Gasteiger charge is 2.26. The summed E-state index contributed by atoms with van der Waals surface area (Å²) in [6, 6.07) is 8.67. The van der Waals surface area contributed by atoms with E-state index in [4.69, 9.17) is 6.58 Å². The zero-order chi connectivity index (χ0) is 9.73. The molecule has 0 aliphatic rings. The van der Waals surface area contributed by atoms with Crippen molar-refractivity contribution in [1.82, 2.24) is 0 Å². The van der Waals surface area contributed by atoms with E-state index in [2.05, 4.69) is 0 Å². The summed E-state index contributed by atoms with van der Waals surface area (Å²) in [5.74, 6) is -2.73. The van der Waals surface area contributed by atoms with Gasteiger partial charge in [0.2, 0.25) is 0 Å². The minimum atomic E-state index is -2.73. The van der Waals surface area contributed by atoms with E-state index in [1.165, 1.54) is 0 Å². The summed E-state index contributed by atoms with van der Waals surface area (Å²) in [5.41, 5.74) is 0.634. The summed E-state index contributed by atoms with van der Waals surface area (Å²) in [5, 5.41) is 0. The second-order valence-corrected chi connectivity index (χ2v) is 2.96. The lowest BCUT2D eigenvalue weighted by molar-refractivity contribution is 0.00493. The zero-order valence-electron chi connectivity index (χ0n) is 7.21. The maximum atomic E-state index is 13.0. The van der Waals surface area contributed by atoms with Crippen LogP contribution in [0.1, 0.15) is 12.0 Å². The van der Waals surface area contributed by atoms with Gasteiger partial charge < -0.3 is 0 Å². The molecule has 0 saturated carbocycles. The number of alkyl halides is 2. The Morgan fingerprint density at radius 3 is 2.38 bits per heavy atom. The molecule has 0 fully saturated rings. The van der Waals surface area contributed by atoms with E-state index in [-0.39, 0.29) is 12.8 Å². The predicted octanol–water partition coefficient (Wildman–Crippen LogP) is 3.24. The zero-order valence-corrected chi connectivity index (χ0v) is 7.21. The quantitative estimate of drug-likeness (QED) is 0.668. The number of benzene rings is 1. The molecule has 1 rings (SSSR count). The first kappa shape index (κ1) is 9.90. The molecule has 2 heteroatoms. The molecule has 0 aliphatic heterocycles. The molecule has 0 bridgehead atoms. The van der Waals surface area contributed by atoms with Crippen molar-refractivity contribution in [3.63, 3.8) is 0 Å². The van der Waals surface area contributed by atoms with Gasteiger partial charge in [0.15, 0.2) is 0 Å². The van der Waals surface area contributed by atoms with Crippen molar-refractivity contribution in [1.29, 1.82) is 0 Å². The van der Waals surface area contributed by atoms with Crippen LogP contribution in [0.15, 0.2) is 36.4 Å². The lowest BCUT2D eigenvalue weighted by Gasteiger charge is -2.13. The summed E-state index contributed by atoms with van der Waals surface area (Å²) >= 11 is 0. The number of allylic oxidation sites excluding steroid dienone is 1. The molecule has 1 aromatic carbocycles. The van der Waals surface area contributed by atoms with Crippen LogP contribution in [-0.4, -0.2) is 5.92 Å². The topological polar surface area (TPSA) is 0 Å². The van der Waals surface area contributed by atoms with Gasteiger partial charge in [-0.3, -0.25) is 0 Å². The van der Waals surface area contributed by atoms with Crippen molar-refractivity contribution < 1.29 is 8.78 Å². The largest absolute Gasteiger partial charge is 0.255 e. The Kier molecular flexibility index (Phi) is 3.18. The van der Waals surface area contributed by atoms with E-state index in [0.29, 0.717) is 5.56 Å². The van der Waals surface area contributed by atoms with Crippen molar-refractivity contribution in [2.75, 3.05) is 0 Å². The van der Waals surface area contributed by atoms with Gasteiger partial charge in [-0.25, -0.2) is 8.78 Å². The van der Waals surface area contributed by atoms with Crippen molar-refractivity contribution in [3.05, 3.63) is 48.6 Å². The normalized spacial score (nSPS) is 11.2. The molecule has 0 aromatic heterocycles. The lowest BCUT2D eigenvalue weighted by atomic mass is 10.1. The van der Waals surface area contributed by atoms with Gasteiger partial charge in [0.05, 0.1) is 0 Å². The molecule has 0 atom stereocenters. The van der Waals surface area contributed by atoms with Crippen LogP contribution in [0.5, 0.6) is 0 Å². The number of hydrogen-bond acceptors (Lipinski definition) is 0. The molecule has 0 aliphatic carbocycles. The number of rotatable bonds is 4. The minimum absolute atomic E-state index is 0.248. The highest BCUT2D eigenvalue weighted by Crippen LogP contribution is 2.23. The number of halogens is 2. The third kappa shape index (κ3) is 3.36. The van der Waals surface area contributed by atoms with Crippen LogP contribution in [0.3, 0.4) is 0 Å². The lowest BCUT2D eigenvalue weighted by Crippen LogP contribution is -2.18. The molecule has 0 heterocycles. The van der Waals surface area contributed by atoms with E-state index in [9.17, 15) is 8.78 Å². The van der Waals surface area contributed by atoms with Gasteiger partial charge in [-0.05, 0) is 5.56 Å². The number of hydrogen-bond donors (Lipinski definition) is 0. The first-order valence-corrected chi connectivity index (χ1v) is 4.09. The Hall–Kier alpha value is -1.18. The Balaban J connectivity index is 2.63. The van der Waals surface area contributed by atoms with Crippen molar-refractivity contribution in [3.8, 4) is 0 Å². The summed E-state index contributed by atoms with van der Waals surface area (Å²) in [6.07, 6.45) is 0.381. The molecule has 69 valence electrons. The highest BCUT2D eigenvalue weighted by molar-refractivity contribution is 5.16. The molecule has 0 amide bonds. The van der Waals surface area contributed by atoms with Gasteiger partial charge >= 0.3 is 0 Å². The van der Waals surface area contributed by atoms with Gasteiger partial charge in [-0.2, -0.15) is 0 Å². The Labute approximate surface area is 76.9 Å². The Morgan fingerprint density at radius 1 is 1.23 bits per heavy atom. The van der Waals surface area contributed by atoms with Crippen LogP contribution in [0.4, 0.5) is 8.78 Å². The monoisotopic (exact) mass is 181 g/mol. The minimum Gasteiger partial charge on any atom is -0.206 e. The highest BCUT2D eigenvalue weighted by atomic mass is 19.3. The van der Waals surface area contributed by atoms with Crippen molar-refractivity contribution in [2.24, 2.45) is 0 Å². The third-order valence-electron chi connectivity index (χ3n) is 1.72. The van der Waals surface area contributed by atoms with Gasteiger partial charge in [-0.15, -0.1) is 0 Å². The van der Waals surface area contributed by atoms with Gasteiger partial charge in [-0.1, -0.05) is 43.0 Å². The van der Waals surface area contributed by atoms with E-state index in [1.54, 1.807) is 30.3 Å². The molecule has 0 saturated heterocycles. The third-order valence-corrected chi connectivity index (χ3v) is 1.72. The molecule has 13 heavy (non-hydrogen) atoms. The van der Waals surface area contributed by atoms with E-state index in [0.717, 1.165) is 6.08 Å². The van der Waals surface area contributed by atoms with Crippen LogP contribution < -0.4 is 0 Å². The molecular weight excluding hydrogens is 170 g/mol. The molecule has 0 unspecified atom stereocenters. The first-order valence-electron chi connectivity index (χ1n) is 4.09. The Morgan fingerprint density at radius 2 is 1.85 bits per heavy atom. The van der Waals surface area contributed by atoms with E-state index < -0.39 is 5.92 Å². The van der Waals surface area contributed by atoms with Crippen LogP contribution >= 0.6 is 0 Å². The maximum absolute atomic E-state index is 13.0. The molecule has 1 radical (unpaired) electrons. The SMILES string of the molecule is [CH]=CCC(F)(F)Cc1ccccc1. The predicted molar refractivity (Wildman–Crippen MR) is 48.6 cm³/mol. The van der Waals surface area contributed by atoms with Gasteiger partial charge in [0, 0.05) is 12.8 Å². The van der Waals surface area contributed by atoms with Crippen LogP contribution in [0.25, 0.3) is 0 Å². The van der Waals surface area contributed by atoms with Crippen molar-refractivity contribution in [2.45, 2.75) is 18.8 Å². The fourth-order valence-electron chi connectivity index (χ4n) is 1.14.